The molecule has 1 aliphatic carbocycles. The Labute approximate surface area is 126 Å². The van der Waals surface area contributed by atoms with Gasteiger partial charge in [0, 0.05) is 0 Å². The van der Waals surface area contributed by atoms with E-state index in [0.29, 0.717) is 10.9 Å². The first-order chi connectivity index (χ1) is 9.63. The Balaban J connectivity index is 1.94. The minimum atomic E-state index is -0.458. The average Bonchev–Trinajstić information content (AvgIpc) is 2.83. The van der Waals surface area contributed by atoms with Crippen LogP contribution >= 0.6 is 15.9 Å². The minimum Gasteiger partial charge on any atom is -0.206 e. The smallest absolute Gasteiger partial charge is 0.137 e. The topological polar surface area (TPSA) is 23.8 Å². The van der Waals surface area contributed by atoms with Crippen LogP contribution in [0.4, 0.5) is 4.39 Å². The zero-order valence-corrected chi connectivity index (χ0v) is 12.5. The van der Waals surface area contributed by atoms with Gasteiger partial charge in [-0.3, -0.25) is 0 Å². The summed E-state index contributed by atoms with van der Waals surface area (Å²) < 4.78 is 14.1. The van der Waals surface area contributed by atoms with Gasteiger partial charge in [0.1, 0.15) is 5.82 Å². The first-order valence-electron chi connectivity index (χ1n) is 6.54. The van der Waals surface area contributed by atoms with E-state index in [1.54, 1.807) is 6.07 Å². The van der Waals surface area contributed by atoms with Gasteiger partial charge in [0.05, 0.1) is 16.0 Å². The number of hydrogen-bond acceptors (Lipinski definition) is 1. The summed E-state index contributed by atoms with van der Waals surface area (Å²) in [5, 5.41) is 9.65. The highest BCUT2D eigenvalue weighted by molar-refractivity contribution is 9.10. The van der Waals surface area contributed by atoms with E-state index in [1.165, 1.54) is 17.2 Å². The maximum Gasteiger partial charge on any atom is 0.137 e. The van der Waals surface area contributed by atoms with E-state index in [2.05, 4.69) is 34.1 Å². The molecule has 3 rings (SSSR count). The molecule has 0 spiro atoms. The van der Waals surface area contributed by atoms with Crippen molar-refractivity contribution in [1.29, 1.82) is 5.26 Å². The van der Waals surface area contributed by atoms with Crippen molar-refractivity contribution in [1.82, 2.24) is 0 Å². The molecule has 1 aliphatic rings. The highest BCUT2D eigenvalue weighted by atomic mass is 79.9. The third-order valence-corrected chi connectivity index (χ3v) is 4.86. The highest BCUT2D eigenvalue weighted by Gasteiger charge is 2.38. The SMILES string of the molecule is N#CC1(Cc2cccc(F)c2Br)Cc2ccccc2C1. The largest absolute Gasteiger partial charge is 0.206 e. The lowest BCUT2D eigenvalue weighted by Gasteiger charge is -2.21. The Kier molecular flexibility index (Phi) is 3.35. The van der Waals surface area contributed by atoms with Gasteiger partial charge in [0.25, 0.3) is 0 Å². The quantitative estimate of drug-likeness (QED) is 0.799. The maximum atomic E-state index is 13.6. The van der Waals surface area contributed by atoms with Crippen LogP contribution in [0.1, 0.15) is 16.7 Å². The summed E-state index contributed by atoms with van der Waals surface area (Å²) in [5.74, 6) is -0.272. The summed E-state index contributed by atoms with van der Waals surface area (Å²) in [6.07, 6.45) is 2.04. The van der Waals surface area contributed by atoms with Gasteiger partial charge in [-0.05, 0) is 57.9 Å². The molecule has 2 aromatic rings. The summed E-state index contributed by atoms with van der Waals surface area (Å²) in [7, 11) is 0. The number of nitrogens with zero attached hydrogens (tertiary/aromatic N) is 1. The van der Waals surface area contributed by atoms with Gasteiger partial charge < -0.3 is 0 Å². The lowest BCUT2D eigenvalue weighted by molar-refractivity contribution is 0.416. The van der Waals surface area contributed by atoms with Crippen LogP contribution in [0.5, 0.6) is 0 Å². The van der Waals surface area contributed by atoms with Gasteiger partial charge in [-0.2, -0.15) is 5.26 Å². The van der Waals surface area contributed by atoms with Gasteiger partial charge in [-0.25, -0.2) is 4.39 Å². The predicted molar refractivity (Wildman–Crippen MR) is 79.7 cm³/mol. The molecule has 0 bridgehead atoms. The standard InChI is InChI=1S/C17H13BrFN/c18-16-14(6-3-7-15(16)19)10-17(11-20)8-12-4-1-2-5-13(12)9-17/h1-7H,8-10H2. The molecule has 20 heavy (non-hydrogen) atoms. The molecule has 0 saturated carbocycles. The maximum absolute atomic E-state index is 13.6. The van der Waals surface area contributed by atoms with Gasteiger partial charge in [-0.1, -0.05) is 36.4 Å². The molecular weight excluding hydrogens is 317 g/mol. The van der Waals surface area contributed by atoms with Gasteiger partial charge in [-0.15, -0.1) is 0 Å². The monoisotopic (exact) mass is 329 g/mol. The normalized spacial score (nSPS) is 15.7. The fourth-order valence-corrected chi connectivity index (χ4v) is 3.39. The average molecular weight is 330 g/mol. The van der Waals surface area contributed by atoms with Gasteiger partial charge in [0.2, 0.25) is 0 Å². The number of rotatable bonds is 2. The zero-order valence-electron chi connectivity index (χ0n) is 10.9. The van der Waals surface area contributed by atoms with E-state index < -0.39 is 5.41 Å². The molecule has 0 atom stereocenters. The van der Waals surface area contributed by atoms with Crippen LogP contribution in [0.15, 0.2) is 46.9 Å². The van der Waals surface area contributed by atoms with E-state index >= 15 is 0 Å². The first kappa shape index (κ1) is 13.3. The van der Waals surface area contributed by atoms with Crippen LogP contribution in [0.2, 0.25) is 0 Å². The van der Waals surface area contributed by atoms with Crippen molar-refractivity contribution in [2.45, 2.75) is 19.3 Å². The van der Waals surface area contributed by atoms with Crippen molar-refractivity contribution >= 4 is 15.9 Å². The van der Waals surface area contributed by atoms with Gasteiger partial charge >= 0.3 is 0 Å². The van der Waals surface area contributed by atoms with Crippen molar-refractivity contribution < 1.29 is 4.39 Å². The summed E-state index contributed by atoms with van der Waals surface area (Å²) in [6.45, 7) is 0. The Morgan fingerprint density at radius 3 is 2.35 bits per heavy atom. The molecule has 0 radical (unpaired) electrons. The molecule has 0 unspecified atom stereocenters. The third-order valence-electron chi connectivity index (χ3n) is 3.97. The molecule has 1 nitrogen and oxygen atoms in total. The molecule has 0 N–H and O–H groups in total. The molecule has 0 amide bonds. The van der Waals surface area contributed by atoms with Crippen LogP contribution in [-0.2, 0) is 19.3 Å². The van der Waals surface area contributed by atoms with Crippen molar-refractivity contribution in [3.63, 3.8) is 0 Å². The molecule has 0 saturated heterocycles. The summed E-state index contributed by atoms with van der Waals surface area (Å²) in [6, 6.07) is 15.6. The van der Waals surface area contributed by atoms with Crippen LogP contribution in [-0.4, -0.2) is 0 Å². The Hall–Kier alpha value is -1.66. The lowest BCUT2D eigenvalue weighted by atomic mass is 9.80. The minimum absolute atomic E-state index is 0.272. The van der Waals surface area contributed by atoms with Crippen molar-refractivity contribution in [2.75, 3.05) is 0 Å². The van der Waals surface area contributed by atoms with E-state index in [4.69, 9.17) is 0 Å². The third kappa shape index (κ3) is 2.25. The molecule has 0 aromatic heterocycles. The zero-order chi connectivity index (χ0) is 14.2. The van der Waals surface area contributed by atoms with Crippen molar-refractivity contribution in [2.24, 2.45) is 5.41 Å². The van der Waals surface area contributed by atoms with Crippen LogP contribution < -0.4 is 0 Å². The fourth-order valence-electron chi connectivity index (χ4n) is 2.99. The summed E-state index contributed by atoms with van der Waals surface area (Å²) in [4.78, 5) is 0. The van der Waals surface area contributed by atoms with E-state index in [1.807, 2.05) is 18.2 Å². The van der Waals surface area contributed by atoms with E-state index in [9.17, 15) is 9.65 Å². The second kappa shape index (κ2) is 5.03. The predicted octanol–water partition coefficient (Wildman–Crippen LogP) is 4.44. The lowest BCUT2D eigenvalue weighted by Crippen LogP contribution is -2.22. The molecule has 0 aliphatic heterocycles. The number of benzene rings is 2. The highest BCUT2D eigenvalue weighted by Crippen LogP contribution is 2.40. The van der Waals surface area contributed by atoms with Crippen LogP contribution in [0.25, 0.3) is 0 Å². The molecular formula is C17H13BrFN. The number of nitriles is 1. The molecule has 0 fully saturated rings. The Bertz CT molecular complexity index is 677. The Morgan fingerprint density at radius 1 is 1.10 bits per heavy atom. The molecule has 3 heteroatoms. The summed E-state index contributed by atoms with van der Waals surface area (Å²) in [5.41, 5.74) is 2.88. The first-order valence-corrected chi connectivity index (χ1v) is 7.34. The number of fused-ring (bicyclic) bond motifs is 1. The molecule has 100 valence electrons. The molecule has 0 heterocycles. The van der Waals surface area contributed by atoms with Gasteiger partial charge in [0.15, 0.2) is 0 Å². The van der Waals surface area contributed by atoms with E-state index in [0.717, 1.165) is 18.4 Å². The van der Waals surface area contributed by atoms with E-state index in [-0.39, 0.29) is 5.82 Å². The van der Waals surface area contributed by atoms with Crippen LogP contribution in [0, 0.1) is 22.6 Å². The molecule has 2 aromatic carbocycles. The number of hydrogen-bond donors (Lipinski definition) is 0. The second-order valence-electron chi connectivity index (χ2n) is 5.40. The Morgan fingerprint density at radius 2 is 1.75 bits per heavy atom. The summed E-state index contributed by atoms with van der Waals surface area (Å²) >= 11 is 3.29. The fraction of sp³-hybridized carbons (Fsp3) is 0.235. The van der Waals surface area contributed by atoms with Crippen LogP contribution in [0.3, 0.4) is 0 Å². The van der Waals surface area contributed by atoms with Crippen molar-refractivity contribution in [3.8, 4) is 6.07 Å². The second-order valence-corrected chi connectivity index (χ2v) is 6.20. The number of halogens is 2. The van der Waals surface area contributed by atoms with Crippen molar-refractivity contribution in [3.05, 3.63) is 69.4 Å².